The molecule has 1 saturated heterocycles. The van der Waals surface area contributed by atoms with Crippen LogP contribution in [-0.4, -0.2) is 52.0 Å². The van der Waals surface area contributed by atoms with Gasteiger partial charge in [-0.3, -0.25) is 0 Å². The van der Waals surface area contributed by atoms with E-state index >= 15 is 0 Å². The van der Waals surface area contributed by atoms with E-state index in [1.165, 1.54) is 31.5 Å². The first-order valence-electron chi connectivity index (χ1n) is 6.25. The molecule has 0 saturated carbocycles. The highest BCUT2D eigenvalue weighted by Crippen LogP contribution is 2.24. The zero-order chi connectivity index (χ0) is 14.9. The number of carbonyl (C=O) groups excluding carboxylic acids is 1. The number of nitrogens with one attached hydrogen (secondary N) is 1. The third-order valence-corrected chi connectivity index (χ3v) is 5.25. The van der Waals surface area contributed by atoms with Crippen LogP contribution < -0.4 is 5.32 Å². The number of hydrogen-bond acceptors (Lipinski definition) is 6. The van der Waals surface area contributed by atoms with Crippen LogP contribution in [0.1, 0.15) is 22.5 Å². The van der Waals surface area contributed by atoms with E-state index in [0.29, 0.717) is 6.54 Å². The fraction of sp³-hybridized carbons (Fsp3) is 0.583. The Hall–Kier alpha value is -1.09. The van der Waals surface area contributed by atoms with Crippen molar-refractivity contribution in [3.63, 3.8) is 0 Å². The molecule has 1 aliphatic rings. The number of ether oxygens (including phenoxy) is 1. The third kappa shape index (κ3) is 3.39. The minimum atomic E-state index is -3.75. The minimum Gasteiger partial charge on any atom is -0.465 e. The first-order chi connectivity index (χ1) is 9.37. The van der Waals surface area contributed by atoms with Crippen LogP contribution in [0.15, 0.2) is 15.6 Å². The summed E-state index contributed by atoms with van der Waals surface area (Å²) < 4.78 is 36.0. The number of furan rings is 1. The van der Waals surface area contributed by atoms with E-state index in [1.807, 2.05) is 0 Å². The van der Waals surface area contributed by atoms with E-state index in [4.69, 9.17) is 4.42 Å². The number of halogens is 1. The molecule has 2 heterocycles. The smallest absolute Gasteiger partial charge is 0.341 e. The number of carbonyl (C=O) groups is 1. The van der Waals surface area contributed by atoms with Crippen molar-refractivity contribution in [2.75, 3.05) is 27.2 Å². The van der Waals surface area contributed by atoms with Crippen LogP contribution in [0, 0.1) is 6.92 Å². The Morgan fingerprint density at radius 3 is 2.71 bits per heavy atom. The SMILES string of the molecule is COC(=O)c1cc(S(=O)(=O)N(C)C2CCNC2)oc1C.Cl. The van der Waals surface area contributed by atoms with Crippen LogP contribution in [0.25, 0.3) is 0 Å². The van der Waals surface area contributed by atoms with Crippen molar-refractivity contribution in [3.05, 3.63) is 17.4 Å². The largest absolute Gasteiger partial charge is 0.465 e. The summed E-state index contributed by atoms with van der Waals surface area (Å²) in [7, 11) is -0.995. The first-order valence-corrected chi connectivity index (χ1v) is 7.69. The summed E-state index contributed by atoms with van der Waals surface area (Å²) in [6, 6.07) is 1.11. The number of hydrogen-bond donors (Lipinski definition) is 1. The number of likely N-dealkylation sites (N-methyl/N-ethyl adjacent to an activating group) is 1. The molecule has 0 amide bonds. The first kappa shape index (κ1) is 18.0. The van der Waals surface area contributed by atoms with Crippen molar-refractivity contribution >= 4 is 28.4 Å². The topological polar surface area (TPSA) is 88.9 Å². The van der Waals surface area contributed by atoms with E-state index in [1.54, 1.807) is 0 Å². The standard InChI is InChI=1S/C12H18N2O5S.ClH/c1-8-10(12(15)18-3)6-11(19-8)20(16,17)14(2)9-4-5-13-7-9;/h6,9,13H,4-5,7H2,1-3H3;1H. The Morgan fingerprint density at radius 1 is 1.52 bits per heavy atom. The second kappa shape index (κ2) is 6.78. The van der Waals surface area contributed by atoms with Crippen LogP contribution in [0.2, 0.25) is 0 Å². The second-order valence-electron chi connectivity index (χ2n) is 4.69. The van der Waals surface area contributed by atoms with Crippen LogP contribution in [-0.2, 0) is 14.8 Å². The Bertz CT molecular complexity index is 607. The van der Waals surface area contributed by atoms with Gasteiger partial charge in [0, 0.05) is 25.7 Å². The van der Waals surface area contributed by atoms with Crippen molar-refractivity contribution in [1.82, 2.24) is 9.62 Å². The highest BCUT2D eigenvalue weighted by Gasteiger charge is 2.33. The fourth-order valence-electron chi connectivity index (χ4n) is 2.18. The Balaban J connectivity index is 0.00000220. The number of rotatable bonds is 4. The van der Waals surface area contributed by atoms with Crippen LogP contribution in [0.5, 0.6) is 0 Å². The Labute approximate surface area is 130 Å². The van der Waals surface area contributed by atoms with Crippen molar-refractivity contribution in [2.45, 2.75) is 24.5 Å². The van der Waals surface area contributed by atoms with Crippen LogP contribution >= 0.6 is 12.4 Å². The molecule has 0 radical (unpaired) electrons. The molecule has 120 valence electrons. The lowest BCUT2D eigenvalue weighted by Crippen LogP contribution is -2.38. The van der Waals surface area contributed by atoms with Gasteiger partial charge >= 0.3 is 5.97 Å². The predicted octanol–water partition coefficient (Wildman–Crippen LogP) is 0.779. The van der Waals surface area contributed by atoms with Gasteiger partial charge in [-0.15, -0.1) is 12.4 Å². The number of aryl methyl sites for hydroxylation is 1. The van der Waals surface area contributed by atoms with Gasteiger partial charge in [-0.1, -0.05) is 0 Å². The zero-order valence-corrected chi connectivity index (χ0v) is 13.7. The van der Waals surface area contributed by atoms with E-state index in [2.05, 4.69) is 10.1 Å². The minimum absolute atomic E-state index is 0. The van der Waals surface area contributed by atoms with Gasteiger partial charge in [0.15, 0.2) is 0 Å². The fourth-order valence-corrected chi connectivity index (χ4v) is 3.54. The Kier molecular flexibility index (Phi) is 5.80. The number of nitrogens with zero attached hydrogens (tertiary/aromatic N) is 1. The number of sulfonamides is 1. The lowest BCUT2D eigenvalue weighted by molar-refractivity contribution is 0.0599. The van der Waals surface area contributed by atoms with E-state index in [0.717, 1.165) is 13.0 Å². The van der Waals surface area contributed by atoms with Crippen molar-refractivity contribution < 1.29 is 22.4 Å². The lowest BCUT2D eigenvalue weighted by atomic mass is 10.3. The molecule has 1 aromatic heterocycles. The number of methoxy groups -OCH3 is 1. The van der Waals surface area contributed by atoms with Gasteiger partial charge in [-0.25, -0.2) is 13.2 Å². The second-order valence-corrected chi connectivity index (χ2v) is 6.62. The molecule has 0 aliphatic carbocycles. The molecule has 1 unspecified atom stereocenters. The van der Waals surface area contributed by atoms with Gasteiger partial charge in [0.05, 0.1) is 7.11 Å². The maximum absolute atomic E-state index is 12.4. The Morgan fingerprint density at radius 2 is 2.19 bits per heavy atom. The third-order valence-electron chi connectivity index (χ3n) is 3.48. The van der Waals surface area contributed by atoms with E-state index in [-0.39, 0.29) is 34.9 Å². The normalized spacial score (nSPS) is 18.6. The number of esters is 1. The average molecular weight is 339 g/mol. The maximum Gasteiger partial charge on any atom is 0.341 e. The quantitative estimate of drug-likeness (QED) is 0.816. The highest BCUT2D eigenvalue weighted by atomic mass is 35.5. The molecular formula is C12H19ClN2O5S. The van der Waals surface area contributed by atoms with Gasteiger partial charge in [0.1, 0.15) is 11.3 Å². The summed E-state index contributed by atoms with van der Waals surface area (Å²) >= 11 is 0. The predicted molar refractivity (Wildman–Crippen MR) is 78.3 cm³/mol. The molecule has 0 spiro atoms. The summed E-state index contributed by atoms with van der Waals surface area (Å²) in [6.07, 6.45) is 0.749. The molecule has 1 atom stereocenters. The monoisotopic (exact) mass is 338 g/mol. The molecule has 7 nitrogen and oxygen atoms in total. The van der Waals surface area contributed by atoms with Gasteiger partial charge in [0.2, 0.25) is 5.09 Å². The average Bonchev–Trinajstić information content (AvgIpc) is 3.06. The molecule has 1 aliphatic heterocycles. The molecular weight excluding hydrogens is 320 g/mol. The van der Waals surface area contributed by atoms with E-state index in [9.17, 15) is 13.2 Å². The summed E-state index contributed by atoms with van der Waals surface area (Å²) in [5, 5.41) is 2.88. The van der Waals surface area contributed by atoms with Crippen LogP contribution in [0.4, 0.5) is 0 Å². The van der Waals surface area contributed by atoms with Crippen molar-refractivity contribution in [3.8, 4) is 0 Å². The molecule has 0 bridgehead atoms. The van der Waals surface area contributed by atoms with Crippen LogP contribution in [0.3, 0.4) is 0 Å². The molecule has 1 N–H and O–H groups in total. The summed E-state index contributed by atoms with van der Waals surface area (Å²) in [4.78, 5) is 11.5. The van der Waals surface area contributed by atoms with Gasteiger partial charge in [-0.2, -0.15) is 4.31 Å². The molecule has 0 aromatic carbocycles. The highest BCUT2D eigenvalue weighted by molar-refractivity contribution is 7.89. The van der Waals surface area contributed by atoms with Gasteiger partial charge in [-0.05, 0) is 19.9 Å². The van der Waals surface area contributed by atoms with E-state index < -0.39 is 16.0 Å². The molecule has 1 fully saturated rings. The van der Waals surface area contributed by atoms with Gasteiger partial charge < -0.3 is 14.5 Å². The van der Waals surface area contributed by atoms with Gasteiger partial charge in [0.25, 0.3) is 10.0 Å². The maximum atomic E-state index is 12.4. The molecule has 9 heteroatoms. The zero-order valence-electron chi connectivity index (χ0n) is 12.1. The molecule has 2 rings (SSSR count). The molecule has 1 aromatic rings. The summed E-state index contributed by atoms with van der Waals surface area (Å²) in [5.74, 6) is -0.383. The summed E-state index contributed by atoms with van der Waals surface area (Å²) in [6.45, 7) is 2.93. The van der Waals surface area contributed by atoms with Crippen molar-refractivity contribution in [2.24, 2.45) is 0 Å². The van der Waals surface area contributed by atoms with Crippen molar-refractivity contribution in [1.29, 1.82) is 0 Å². The lowest BCUT2D eigenvalue weighted by Gasteiger charge is -2.21. The molecule has 21 heavy (non-hydrogen) atoms. The summed E-state index contributed by atoms with van der Waals surface area (Å²) in [5.41, 5.74) is 0.129.